The van der Waals surface area contributed by atoms with Crippen molar-refractivity contribution < 1.29 is 9.90 Å². The Morgan fingerprint density at radius 3 is 2.62 bits per heavy atom. The number of pyridine rings is 1. The molecular weight excluding hydrogens is 202 g/mol. The van der Waals surface area contributed by atoms with Gasteiger partial charge in [-0.05, 0) is 24.6 Å². The highest BCUT2D eigenvalue weighted by Gasteiger charge is 2.12. The standard InChI is InChI=1S/C13H11NO2/c1-9-5-4-8-14-12(9)10-6-2-3-7-11(10)13(15)16/h2-8H,1H3,(H,15,16). The van der Waals surface area contributed by atoms with Crippen LogP contribution in [-0.4, -0.2) is 16.1 Å². The first-order valence-corrected chi connectivity index (χ1v) is 4.94. The molecule has 1 N–H and O–H groups in total. The Morgan fingerprint density at radius 1 is 1.19 bits per heavy atom. The number of aromatic nitrogens is 1. The van der Waals surface area contributed by atoms with Gasteiger partial charge in [-0.15, -0.1) is 0 Å². The van der Waals surface area contributed by atoms with Crippen molar-refractivity contribution in [3.8, 4) is 11.3 Å². The lowest BCUT2D eigenvalue weighted by Gasteiger charge is -2.07. The molecule has 0 aliphatic carbocycles. The number of nitrogens with zero attached hydrogens (tertiary/aromatic N) is 1. The maximum absolute atomic E-state index is 11.1. The third kappa shape index (κ3) is 1.80. The van der Waals surface area contributed by atoms with Gasteiger partial charge >= 0.3 is 5.97 Å². The van der Waals surface area contributed by atoms with Crippen molar-refractivity contribution in [3.63, 3.8) is 0 Å². The molecule has 2 aromatic rings. The van der Waals surface area contributed by atoms with Gasteiger partial charge in [-0.2, -0.15) is 0 Å². The highest BCUT2D eigenvalue weighted by molar-refractivity contribution is 5.95. The van der Waals surface area contributed by atoms with Crippen LogP contribution < -0.4 is 0 Å². The van der Waals surface area contributed by atoms with Gasteiger partial charge in [-0.1, -0.05) is 24.3 Å². The number of benzene rings is 1. The maximum Gasteiger partial charge on any atom is 0.336 e. The second-order valence-corrected chi connectivity index (χ2v) is 3.52. The van der Waals surface area contributed by atoms with E-state index >= 15 is 0 Å². The number of rotatable bonds is 2. The smallest absolute Gasteiger partial charge is 0.336 e. The third-order valence-corrected chi connectivity index (χ3v) is 2.42. The fourth-order valence-corrected chi connectivity index (χ4v) is 1.64. The van der Waals surface area contributed by atoms with E-state index in [1.165, 1.54) is 0 Å². The molecule has 0 spiro atoms. The largest absolute Gasteiger partial charge is 0.478 e. The minimum atomic E-state index is -0.930. The van der Waals surface area contributed by atoms with Crippen LogP contribution in [0.1, 0.15) is 15.9 Å². The van der Waals surface area contributed by atoms with Crippen molar-refractivity contribution in [2.24, 2.45) is 0 Å². The summed E-state index contributed by atoms with van der Waals surface area (Å²) in [5, 5.41) is 9.09. The molecule has 0 aliphatic heterocycles. The van der Waals surface area contributed by atoms with Gasteiger partial charge in [0.05, 0.1) is 11.3 Å². The Bertz CT molecular complexity index is 535. The Labute approximate surface area is 93.4 Å². The predicted octanol–water partition coefficient (Wildman–Crippen LogP) is 2.76. The predicted molar refractivity (Wildman–Crippen MR) is 61.4 cm³/mol. The molecule has 0 aliphatic rings. The maximum atomic E-state index is 11.1. The van der Waals surface area contributed by atoms with Crippen molar-refractivity contribution in [2.75, 3.05) is 0 Å². The highest BCUT2D eigenvalue weighted by Crippen LogP contribution is 2.24. The lowest BCUT2D eigenvalue weighted by molar-refractivity contribution is 0.0697. The van der Waals surface area contributed by atoms with Gasteiger partial charge in [0, 0.05) is 11.8 Å². The first-order valence-electron chi connectivity index (χ1n) is 4.94. The fourth-order valence-electron chi connectivity index (χ4n) is 1.64. The number of aryl methyl sites for hydroxylation is 1. The molecule has 0 saturated carbocycles. The van der Waals surface area contributed by atoms with E-state index < -0.39 is 5.97 Å². The summed E-state index contributed by atoms with van der Waals surface area (Å²) >= 11 is 0. The molecule has 1 heterocycles. The third-order valence-electron chi connectivity index (χ3n) is 2.42. The van der Waals surface area contributed by atoms with Crippen LogP contribution in [0.15, 0.2) is 42.6 Å². The molecule has 0 amide bonds. The summed E-state index contributed by atoms with van der Waals surface area (Å²) in [4.78, 5) is 15.3. The number of carboxylic acids is 1. The Morgan fingerprint density at radius 2 is 1.94 bits per heavy atom. The fraction of sp³-hybridized carbons (Fsp3) is 0.0769. The molecule has 0 fully saturated rings. The number of carbonyl (C=O) groups is 1. The average molecular weight is 213 g/mol. The van der Waals surface area contributed by atoms with Crippen molar-refractivity contribution in [1.82, 2.24) is 4.98 Å². The molecule has 0 bridgehead atoms. The molecule has 80 valence electrons. The van der Waals surface area contributed by atoms with Gasteiger partial charge in [0.2, 0.25) is 0 Å². The normalized spacial score (nSPS) is 10.1. The second-order valence-electron chi connectivity index (χ2n) is 3.52. The number of hydrogen-bond donors (Lipinski definition) is 1. The summed E-state index contributed by atoms with van der Waals surface area (Å²) in [5.74, 6) is -0.930. The molecule has 3 heteroatoms. The average Bonchev–Trinajstić information content (AvgIpc) is 2.29. The highest BCUT2D eigenvalue weighted by atomic mass is 16.4. The van der Waals surface area contributed by atoms with Crippen LogP contribution in [-0.2, 0) is 0 Å². The van der Waals surface area contributed by atoms with Gasteiger partial charge in [0.25, 0.3) is 0 Å². The second kappa shape index (κ2) is 4.14. The monoisotopic (exact) mass is 213 g/mol. The zero-order valence-corrected chi connectivity index (χ0v) is 8.84. The van der Waals surface area contributed by atoms with Crippen LogP contribution in [0.4, 0.5) is 0 Å². The molecule has 2 rings (SSSR count). The Balaban J connectivity index is 2.65. The lowest BCUT2D eigenvalue weighted by atomic mass is 10.0. The van der Waals surface area contributed by atoms with Crippen LogP contribution in [0, 0.1) is 6.92 Å². The topological polar surface area (TPSA) is 50.2 Å². The van der Waals surface area contributed by atoms with Crippen molar-refractivity contribution in [2.45, 2.75) is 6.92 Å². The first kappa shape index (κ1) is 10.4. The van der Waals surface area contributed by atoms with Gasteiger partial charge < -0.3 is 5.11 Å². The van der Waals surface area contributed by atoms with Crippen LogP contribution in [0.25, 0.3) is 11.3 Å². The zero-order valence-electron chi connectivity index (χ0n) is 8.84. The number of carboxylic acid groups (broad SMARTS) is 1. The molecule has 16 heavy (non-hydrogen) atoms. The van der Waals surface area contributed by atoms with Crippen LogP contribution in [0.3, 0.4) is 0 Å². The molecule has 1 aromatic carbocycles. The molecule has 1 aromatic heterocycles. The van der Waals surface area contributed by atoms with Crippen molar-refractivity contribution in [3.05, 3.63) is 53.7 Å². The zero-order chi connectivity index (χ0) is 11.5. The van der Waals surface area contributed by atoms with Crippen LogP contribution in [0.5, 0.6) is 0 Å². The lowest BCUT2D eigenvalue weighted by Crippen LogP contribution is -2.00. The van der Waals surface area contributed by atoms with E-state index in [0.29, 0.717) is 5.56 Å². The molecule has 3 nitrogen and oxygen atoms in total. The van der Waals surface area contributed by atoms with E-state index in [1.54, 1.807) is 24.4 Å². The van der Waals surface area contributed by atoms with E-state index in [0.717, 1.165) is 11.3 Å². The van der Waals surface area contributed by atoms with Gasteiger partial charge in [0.15, 0.2) is 0 Å². The quantitative estimate of drug-likeness (QED) is 0.834. The summed E-state index contributed by atoms with van der Waals surface area (Å²) in [7, 11) is 0. The summed E-state index contributed by atoms with van der Waals surface area (Å²) in [6.45, 7) is 1.92. The summed E-state index contributed by atoms with van der Waals surface area (Å²) in [6.07, 6.45) is 1.67. The van der Waals surface area contributed by atoms with Crippen molar-refractivity contribution in [1.29, 1.82) is 0 Å². The minimum Gasteiger partial charge on any atom is -0.478 e. The van der Waals surface area contributed by atoms with E-state index in [4.69, 9.17) is 5.11 Å². The Kier molecular flexibility index (Phi) is 2.68. The van der Waals surface area contributed by atoms with E-state index in [1.807, 2.05) is 25.1 Å². The minimum absolute atomic E-state index is 0.282. The first-order chi connectivity index (χ1) is 7.70. The summed E-state index contributed by atoms with van der Waals surface area (Å²) in [5.41, 5.74) is 2.63. The van der Waals surface area contributed by atoms with E-state index in [2.05, 4.69) is 4.98 Å². The van der Waals surface area contributed by atoms with Gasteiger partial charge in [-0.25, -0.2) is 4.79 Å². The SMILES string of the molecule is Cc1cccnc1-c1ccccc1C(=O)O. The molecule has 0 saturated heterocycles. The molecule has 0 unspecified atom stereocenters. The van der Waals surface area contributed by atoms with Crippen molar-refractivity contribution >= 4 is 5.97 Å². The van der Waals surface area contributed by atoms with Crippen LogP contribution in [0.2, 0.25) is 0 Å². The summed E-state index contributed by atoms with van der Waals surface area (Å²) < 4.78 is 0. The summed E-state index contributed by atoms with van der Waals surface area (Å²) in [6, 6.07) is 10.6. The number of hydrogen-bond acceptors (Lipinski definition) is 2. The van der Waals surface area contributed by atoms with Crippen LogP contribution >= 0.6 is 0 Å². The molecular formula is C13H11NO2. The van der Waals surface area contributed by atoms with Gasteiger partial charge in [-0.3, -0.25) is 4.98 Å². The molecule has 0 atom stereocenters. The molecule has 0 radical (unpaired) electrons. The van der Waals surface area contributed by atoms with E-state index in [-0.39, 0.29) is 5.56 Å². The Hall–Kier alpha value is -2.16. The van der Waals surface area contributed by atoms with Gasteiger partial charge in [0.1, 0.15) is 0 Å². The van der Waals surface area contributed by atoms with E-state index in [9.17, 15) is 4.79 Å². The number of aromatic carboxylic acids is 1.